The summed E-state index contributed by atoms with van der Waals surface area (Å²) >= 11 is 0. The summed E-state index contributed by atoms with van der Waals surface area (Å²) in [5, 5.41) is 17.2. The zero-order valence-corrected chi connectivity index (χ0v) is 12.9. The first-order chi connectivity index (χ1) is 11.9. The van der Waals surface area contributed by atoms with Gasteiger partial charge in [0.15, 0.2) is 0 Å². The summed E-state index contributed by atoms with van der Waals surface area (Å²) < 4.78 is 0. The zero-order valence-electron chi connectivity index (χ0n) is 12.9. The molecule has 24 heavy (non-hydrogen) atoms. The molecule has 0 spiro atoms. The first-order valence-electron chi connectivity index (χ1n) is 8.48. The second-order valence-electron chi connectivity index (χ2n) is 6.91. The minimum absolute atomic E-state index is 1.40. The summed E-state index contributed by atoms with van der Waals surface area (Å²) in [5.74, 6) is 0. The highest BCUT2D eigenvalue weighted by molar-refractivity contribution is 6.49. The molecule has 0 saturated heterocycles. The molecule has 0 aliphatic carbocycles. The molecule has 108 valence electrons. The molecule has 0 atom stereocenters. The van der Waals surface area contributed by atoms with Crippen molar-refractivity contribution in [3.63, 3.8) is 0 Å². The van der Waals surface area contributed by atoms with Crippen LogP contribution in [0.1, 0.15) is 0 Å². The van der Waals surface area contributed by atoms with Gasteiger partial charge < -0.3 is 0 Å². The number of benzene rings is 4. The van der Waals surface area contributed by atoms with Gasteiger partial charge in [0.05, 0.1) is 0 Å². The summed E-state index contributed by atoms with van der Waals surface area (Å²) in [6, 6.07) is 26.8. The second kappa shape index (κ2) is 3.52. The van der Waals surface area contributed by atoms with Gasteiger partial charge in [-0.1, -0.05) is 72.8 Å². The van der Waals surface area contributed by atoms with Crippen molar-refractivity contribution in [2.45, 2.75) is 0 Å². The van der Waals surface area contributed by atoms with Crippen LogP contribution in [0.4, 0.5) is 0 Å². The van der Waals surface area contributed by atoms with E-state index >= 15 is 0 Å². The molecule has 0 heterocycles. The van der Waals surface area contributed by atoms with E-state index in [9.17, 15) is 0 Å². The van der Waals surface area contributed by atoms with Gasteiger partial charge in [0.2, 0.25) is 0 Å². The molecule has 7 aromatic carbocycles. The molecule has 0 saturated carbocycles. The largest absolute Gasteiger partial charge is 0.0616 e. The fourth-order valence-electron chi connectivity index (χ4n) is 4.87. The maximum atomic E-state index is 2.33. The number of rotatable bonds is 0. The lowest BCUT2D eigenvalue weighted by Gasteiger charge is -2.23. The van der Waals surface area contributed by atoms with Gasteiger partial charge >= 0.3 is 0 Å². The zero-order chi connectivity index (χ0) is 15.4. The van der Waals surface area contributed by atoms with Crippen LogP contribution in [0.5, 0.6) is 0 Å². The molecule has 0 aliphatic rings. The SMILES string of the molecule is c1ccc2c(c1)c1ccc3c(c4ccc5c6ccccc6c5c34)c21. The molecule has 0 nitrogen and oxygen atoms in total. The van der Waals surface area contributed by atoms with Gasteiger partial charge in [-0.3, -0.25) is 0 Å². The van der Waals surface area contributed by atoms with Crippen molar-refractivity contribution >= 4 is 64.6 Å². The fourth-order valence-corrected chi connectivity index (χ4v) is 4.87. The van der Waals surface area contributed by atoms with E-state index in [0.717, 1.165) is 0 Å². The topological polar surface area (TPSA) is 0 Å². The lowest BCUT2D eigenvalue weighted by Crippen LogP contribution is -1.94. The van der Waals surface area contributed by atoms with Crippen molar-refractivity contribution < 1.29 is 0 Å². The number of hydrogen-bond donors (Lipinski definition) is 0. The Bertz CT molecular complexity index is 1370. The van der Waals surface area contributed by atoms with Crippen LogP contribution in [0.2, 0.25) is 0 Å². The monoisotopic (exact) mass is 300 g/mol. The Morgan fingerprint density at radius 2 is 0.542 bits per heavy atom. The lowest BCUT2D eigenvalue weighted by atomic mass is 9.80. The molecule has 0 amide bonds. The van der Waals surface area contributed by atoms with Crippen LogP contribution < -0.4 is 0 Å². The van der Waals surface area contributed by atoms with Crippen LogP contribution in [0.15, 0.2) is 72.8 Å². The summed E-state index contributed by atoms with van der Waals surface area (Å²) in [6.45, 7) is 0. The Balaban J connectivity index is 1.73. The van der Waals surface area contributed by atoms with Crippen molar-refractivity contribution in [2.24, 2.45) is 0 Å². The lowest BCUT2D eigenvalue weighted by molar-refractivity contribution is 1.80. The molecule has 7 rings (SSSR count). The average Bonchev–Trinajstić information content (AvgIpc) is 2.61. The molecule has 0 bridgehead atoms. The third-order valence-corrected chi connectivity index (χ3v) is 5.92. The van der Waals surface area contributed by atoms with Gasteiger partial charge in [-0.05, 0) is 64.6 Å². The van der Waals surface area contributed by atoms with Crippen LogP contribution in [0.25, 0.3) is 64.6 Å². The molecule has 0 aliphatic heterocycles. The summed E-state index contributed by atoms with van der Waals surface area (Å²) in [5.41, 5.74) is 0. The summed E-state index contributed by atoms with van der Waals surface area (Å²) in [4.78, 5) is 0. The fraction of sp³-hybridized carbons (Fsp3) is 0. The molecule has 0 fully saturated rings. The number of fused-ring (bicyclic) bond motifs is 14. The second-order valence-corrected chi connectivity index (χ2v) is 6.91. The van der Waals surface area contributed by atoms with Crippen LogP contribution in [0, 0.1) is 0 Å². The first kappa shape index (κ1) is 11.4. The van der Waals surface area contributed by atoms with E-state index in [-0.39, 0.29) is 0 Å². The molecular weight excluding hydrogens is 288 g/mol. The van der Waals surface area contributed by atoms with Gasteiger partial charge in [0, 0.05) is 0 Å². The predicted octanol–water partition coefficient (Wildman–Crippen LogP) is 6.92. The third kappa shape index (κ3) is 1.02. The molecule has 0 heteroatoms. The van der Waals surface area contributed by atoms with Crippen molar-refractivity contribution in [1.82, 2.24) is 0 Å². The highest BCUT2D eigenvalue weighted by Gasteiger charge is 2.22. The minimum atomic E-state index is 1.40. The maximum Gasteiger partial charge on any atom is -0.00134 e. The standard InChI is InChI=1S/C24H12/c1-3-7-15-13(5-1)17-9-11-19-23(21(15)17)20-12-10-18-14-6-2-4-8-16(14)22(18)24(19)20/h1-12H. The van der Waals surface area contributed by atoms with Crippen LogP contribution >= 0.6 is 0 Å². The van der Waals surface area contributed by atoms with Gasteiger partial charge in [-0.15, -0.1) is 0 Å². The van der Waals surface area contributed by atoms with E-state index in [2.05, 4.69) is 72.8 Å². The quantitative estimate of drug-likeness (QED) is 0.285. The summed E-state index contributed by atoms with van der Waals surface area (Å²) in [7, 11) is 0. The Kier molecular flexibility index (Phi) is 1.67. The van der Waals surface area contributed by atoms with E-state index in [1.54, 1.807) is 0 Å². The Morgan fingerprint density at radius 1 is 0.250 bits per heavy atom. The van der Waals surface area contributed by atoms with Crippen molar-refractivity contribution in [2.75, 3.05) is 0 Å². The normalized spacial score (nSPS) is 13.0. The molecule has 0 unspecified atom stereocenters. The Hall–Kier alpha value is -3.12. The number of hydrogen-bond acceptors (Lipinski definition) is 0. The smallest absolute Gasteiger partial charge is 0.00134 e. The van der Waals surface area contributed by atoms with Gasteiger partial charge in [0.25, 0.3) is 0 Å². The van der Waals surface area contributed by atoms with Crippen molar-refractivity contribution in [3.05, 3.63) is 72.8 Å². The minimum Gasteiger partial charge on any atom is -0.0616 e. The predicted molar refractivity (Wildman–Crippen MR) is 105 cm³/mol. The van der Waals surface area contributed by atoms with E-state index < -0.39 is 0 Å². The van der Waals surface area contributed by atoms with Crippen LogP contribution in [-0.4, -0.2) is 0 Å². The van der Waals surface area contributed by atoms with Crippen molar-refractivity contribution in [1.29, 1.82) is 0 Å². The van der Waals surface area contributed by atoms with Gasteiger partial charge in [-0.2, -0.15) is 0 Å². The van der Waals surface area contributed by atoms with Crippen molar-refractivity contribution in [3.8, 4) is 0 Å². The van der Waals surface area contributed by atoms with Gasteiger partial charge in [0.1, 0.15) is 0 Å². The van der Waals surface area contributed by atoms with E-state index in [1.807, 2.05) is 0 Å². The van der Waals surface area contributed by atoms with Crippen LogP contribution in [0.3, 0.4) is 0 Å². The molecule has 0 N–H and O–H groups in total. The van der Waals surface area contributed by atoms with E-state index in [4.69, 9.17) is 0 Å². The Labute approximate surface area is 137 Å². The third-order valence-electron chi connectivity index (χ3n) is 5.92. The van der Waals surface area contributed by atoms with E-state index in [0.29, 0.717) is 0 Å². The summed E-state index contributed by atoms with van der Waals surface area (Å²) in [6.07, 6.45) is 0. The highest BCUT2D eigenvalue weighted by atomic mass is 14.2. The maximum absolute atomic E-state index is 2.33. The molecule has 0 radical (unpaired) electrons. The first-order valence-corrected chi connectivity index (χ1v) is 8.48. The van der Waals surface area contributed by atoms with Crippen LogP contribution in [-0.2, 0) is 0 Å². The Morgan fingerprint density at radius 3 is 1.00 bits per heavy atom. The average molecular weight is 300 g/mol. The highest BCUT2D eigenvalue weighted by Crippen LogP contribution is 2.51. The van der Waals surface area contributed by atoms with Gasteiger partial charge in [-0.25, -0.2) is 0 Å². The molecule has 0 aromatic heterocycles. The van der Waals surface area contributed by atoms with E-state index in [1.165, 1.54) is 64.6 Å². The molecular formula is C24H12. The molecule has 7 aromatic rings.